The highest BCUT2D eigenvalue weighted by Gasteiger charge is 2.28. The first-order chi connectivity index (χ1) is 9.40. The summed E-state index contributed by atoms with van der Waals surface area (Å²) in [5, 5.41) is 6.50. The molecule has 3 heterocycles. The summed E-state index contributed by atoms with van der Waals surface area (Å²) in [5.74, 6) is 0. The minimum absolute atomic E-state index is 0.359. The molecular weight excluding hydrogens is 256 g/mol. The number of anilines is 1. The van der Waals surface area contributed by atoms with Gasteiger partial charge in [-0.1, -0.05) is 0 Å². The predicted octanol–water partition coefficient (Wildman–Crippen LogP) is 2.25. The molecule has 19 heavy (non-hydrogen) atoms. The molecule has 0 aliphatic carbocycles. The van der Waals surface area contributed by atoms with Crippen LogP contribution in [0.5, 0.6) is 0 Å². The molecule has 2 aromatic heterocycles. The van der Waals surface area contributed by atoms with Gasteiger partial charge in [0.2, 0.25) is 0 Å². The fourth-order valence-electron chi connectivity index (χ4n) is 2.65. The lowest BCUT2D eigenvalue weighted by Gasteiger charge is -2.28. The molecule has 100 valence electrons. The zero-order valence-corrected chi connectivity index (χ0v) is 11.9. The largest absolute Gasteiger partial charge is 0.360 e. The van der Waals surface area contributed by atoms with Crippen LogP contribution in [-0.4, -0.2) is 30.1 Å². The Balaban J connectivity index is 1.89. The highest BCUT2D eigenvalue weighted by molar-refractivity contribution is 7.09. The molecule has 4 nitrogen and oxygen atoms in total. The third-order valence-corrected chi connectivity index (χ3v) is 4.42. The number of hydrogen-bond donors (Lipinski definition) is 1. The van der Waals surface area contributed by atoms with E-state index in [-0.39, 0.29) is 0 Å². The van der Waals surface area contributed by atoms with Crippen molar-refractivity contribution in [3.8, 4) is 0 Å². The zero-order chi connectivity index (χ0) is 13.1. The minimum atomic E-state index is 0.359. The Hall–Kier alpha value is -1.46. The van der Waals surface area contributed by atoms with Gasteiger partial charge in [0, 0.05) is 30.7 Å². The summed E-state index contributed by atoms with van der Waals surface area (Å²) < 4.78 is 0. The van der Waals surface area contributed by atoms with Crippen LogP contribution >= 0.6 is 11.3 Å². The molecule has 0 aromatic carbocycles. The van der Waals surface area contributed by atoms with E-state index in [1.807, 2.05) is 25.5 Å². The third kappa shape index (κ3) is 2.48. The second kappa shape index (κ2) is 5.67. The lowest BCUT2D eigenvalue weighted by atomic mass is 10.1. The molecule has 2 aromatic rings. The van der Waals surface area contributed by atoms with Crippen LogP contribution in [0.1, 0.15) is 23.2 Å². The van der Waals surface area contributed by atoms with E-state index in [4.69, 9.17) is 0 Å². The number of aromatic nitrogens is 2. The number of thiazole rings is 1. The van der Waals surface area contributed by atoms with Crippen LogP contribution < -0.4 is 10.2 Å². The Bertz CT molecular complexity index is 526. The third-order valence-electron chi connectivity index (χ3n) is 3.55. The molecule has 5 heteroatoms. The van der Waals surface area contributed by atoms with Crippen molar-refractivity contribution in [2.75, 3.05) is 25.0 Å². The van der Waals surface area contributed by atoms with Gasteiger partial charge in [0.25, 0.3) is 0 Å². The number of hydrogen-bond acceptors (Lipinski definition) is 5. The van der Waals surface area contributed by atoms with Crippen molar-refractivity contribution in [2.45, 2.75) is 18.9 Å². The molecule has 1 unspecified atom stereocenters. The molecule has 1 aliphatic rings. The minimum Gasteiger partial charge on any atom is -0.360 e. The Morgan fingerprint density at radius 3 is 3.16 bits per heavy atom. The molecule has 1 atom stereocenters. The average Bonchev–Trinajstić information content (AvgIpc) is 3.09. The van der Waals surface area contributed by atoms with Crippen molar-refractivity contribution >= 4 is 17.0 Å². The fourth-order valence-corrected chi connectivity index (χ4v) is 3.43. The second-order valence-corrected chi connectivity index (χ2v) is 5.62. The number of nitrogens with one attached hydrogen (secondary N) is 1. The standard InChI is InChI=1S/C14H18N4S/c1-15-7-4-13(14-17-8-10-19-14)18-9-5-11-12(18)3-2-6-16-11/h2-3,6,8,10,13,15H,4-5,7,9H2,1H3. The van der Waals surface area contributed by atoms with Gasteiger partial charge in [-0.05, 0) is 32.1 Å². The highest BCUT2D eigenvalue weighted by Crippen LogP contribution is 2.36. The van der Waals surface area contributed by atoms with Crippen molar-refractivity contribution in [2.24, 2.45) is 0 Å². The summed E-state index contributed by atoms with van der Waals surface area (Å²) in [6, 6.07) is 4.56. The van der Waals surface area contributed by atoms with Gasteiger partial charge in [0.05, 0.1) is 17.4 Å². The second-order valence-electron chi connectivity index (χ2n) is 4.69. The topological polar surface area (TPSA) is 41.1 Å². The lowest BCUT2D eigenvalue weighted by molar-refractivity contribution is 0.566. The lowest BCUT2D eigenvalue weighted by Crippen LogP contribution is -2.29. The van der Waals surface area contributed by atoms with Crippen LogP contribution in [0.2, 0.25) is 0 Å². The van der Waals surface area contributed by atoms with Crippen LogP contribution in [-0.2, 0) is 6.42 Å². The maximum Gasteiger partial charge on any atom is 0.115 e. The summed E-state index contributed by atoms with van der Waals surface area (Å²) in [6.07, 6.45) is 5.89. The first-order valence-electron chi connectivity index (χ1n) is 6.64. The maximum absolute atomic E-state index is 4.52. The SMILES string of the molecule is CNCCC(c1nccs1)N1CCc2ncccc21. The first kappa shape index (κ1) is 12.6. The van der Waals surface area contributed by atoms with Crippen LogP contribution in [0.15, 0.2) is 29.9 Å². The quantitative estimate of drug-likeness (QED) is 0.908. The van der Waals surface area contributed by atoms with E-state index in [9.17, 15) is 0 Å². The predicted molar refractivity (Wildman–Crippen MR) is 78.7 cm³/mol. The molecule has 0 saturated heterocycles. The Labute approximate surface area is 117 Å². The van der Waals surface area contributed by atoms with Crippen molar-refractivity contribution in [3.63, 3.8) is 0 Å². The van der Waals surface area contributed by atoms with Gasteiger partial charge >= 0.3 is 0 Å². The van der Waals surface area contributed by atoms with Crippen LogP contribution in [0.4, 0.5) is 5.69 Å². The van der Waals surface area contributed by atoms with Crippen LogP contribution in [0.3, 0.4) is 0 Å². The molecule has 0 fully saturated rings. The van der Waals surface area contributed by atoms with Gasteiger partial charge in [-0.25, -0.2) is 4.98 Å². The highest BCUT2D eigenvalue weighted by atomic mass is 32.1. The summed E-state index contributed by atoms with van der Waals surface area (Å²) in [6.45, 7) is 2.04. The van der Waals surface area contributed by atoms with Gasteiger partial charge in [-0.15, -0.1) is 11.3 Å². The van der Waals surface area contributed by atoms with E-state index in [0.29, 0.717) is 6.04 Å². The van der Waals surface area contributed by atoms with Gasteiger partial charge in [0.15, 0.2) is 0 Å². The Morgan fingerprint density at radius 1 is 1.42 bits per heavy atom. The molecule has 1 aliphatic heterocycles. The number of rotatable bonds is 5. The number of fused-ring (bicyclic) bond motifs is 1. The van der Waals surface area contributed by atoms with Gasteiger partial charge in [-0.3, -0.25) is 4.98 Å². The van der Waals surface area contributed by atoms with Crippen molar-refractivity contribution < 1.29 is 0 Å². The van der Waals surface area contributed by atoms with Gasteiger partial charge in [-0.2, -0.15) is 0 Å². The molecule has 0 radical (unpaired) electrons. The van der Waals surface area contributed by atoms with E-state index >= 15 is 0 Å². The van der Waals surface area contributed by atoms with E-state index < -0.39 is 0 Å². The number of nitrogens with zero attached hydrogens (tertiary/aromatic N) is 3. The maximum atomic E-state index is 4.52. The monoisotopic (exact) mass is 274 g/mol. The number of pyridine rings is 1. The summed E-state index contributed by atoms with van der Waals surface area (Å²) in [4.78, 5) is 11.5. The average molecular weight is 274 g/mol. The van der Waals surface area contributed by atoms with Gasteiger partial charge in [0.1, 0.15) is 5.01 Å². The molecule has 1 N–H and O–H groups in total. The molecule has 0 amide bonds. The zero-order valence-electron chi connectivity index (χ0n) is 11.0. The van der Waals surface area contributed by atoms with Crippen LogP contribution in [0.25, 0.3) is 0 Å². The molecule has 3 rings (SSSR count). The Kier molecular flexibility index (Phi) is 3.75. The fraction of sp³-hybridized carbons (Fsp3) is 0.429. The summed E-state index contributed by atoms with van der Waals surface area (Å²) in [7, 11) is 2.00. The molecule has 0 bridgehead atoms. The smallest absolute Gasteiger partial charge is 0.115 e. The molecular formula is C14H18N4S. The molecule has 0 saturated carbocycles. The van der Waals surface area contributed by atoms with E-state index in [1.165, 1.54) is 16.4 Å². The van der Waals surface area contributed by atoms with Crippen LogP contribution in [0, 0.1) is 0 Å². The normalized spacial score (nSPS) is 15.5. The van der Waals surface area contributed by atoms with E-state index in [0.717, 1.165) is 25.9 Å². The van der Waals surface area contributed by atoms with E-state index in [2.05, 4.69) is 31.6 Å². The van der Waals surface area contributed by atoms with E-state index in [1.54, 1.807) is 11.3 Å². The summed E-state index contributed by atoms with van der Waals surface area (Å²) in [5.41, 5.74) is 2.49. The van der Waals surface area contributed by atoms with Crippen molar-refractivity contribution in [1.82, 2.24) is 15.3 Å². The van der Waals surface area contributed by atoms with Crippen molar-refractivity contribution in [3.05, 3.63) is 40.6 Å². The Morgan fingerprint density at radius 2 is 2.37 bits per heavy atom. The van der Waals surface area contributed by atoms with Gasteiger partial charge < -0.3 is 10.2 Å². The van der Waals surface area contributed by atoms with Crippen molar-refractivity contribution in [1.29, 1.82) is 0 Å². The summed E-state index contributed by atoms with van der Waals surface area (Å²) >= 11 is 1.74. The molecule has 0 spiro atoms. The first-order valence-corrected chi connectivity index (χ1v) is 7.52.